The molecule has 3 aromatic rings. The Bertz CT molecular complexity index is 1000. The molecule has 0 fully saturated rings. The van der Waals surface area contributed by atoms with Crippen molar-refractivity contribution in [2.75, 3.05) is 6.61 Å². The first-order valence-corrected chi connectivity index (χ1v) is 9.29. The molecule has 3 heterocycles. The molecule has 1 aliphatic heterocycles. The van der Waals surface area contributed by atoms with E-state index in [2.05, 4.69) is 14.7 Å². The number of para-hydroxylation sites is 1. The molecule has 0 spiro atoms. The van der Waals surface area contributed by atoms with Crippen LogP contribution in [-0.4, -0.2) is 29.6 Å². The summed E-state index contributed by atoms with van der Waals surface area (Å²) in [6.07, 6.45) is 7.45. The Morgan fingerprint density at radius 3 is 3.00 bits per heavy atom. The lowest BCUT2D eigenvalue weighted by atomic mass is 10.2. The fraction of sp³-hybridized carbons (Fsp3) is 0.176. The first kappa shape index (κ1) is 15.8. The van der Waals surface area contributed by atoms with Gasteiger partial charge in [0.1, 0.15) is 22.8 Å². The third kappa shape index (κ3) is 3.13. The molecule has 0 saturated heterocycles. The lowest BCUT2D eigenvalue weighted by Gasteiger charge is -2.11. The zero-order chi connectivity index (χ0) is 17.3. The second-order valence-electron chi connectivity index (χ2n) is 5.66. The van der Waals surface area contributed by atoms with E-state index in [9.17, 15) is 8.42 Å². The molecule has 0 radical (unpaired) electrons. The summed E-state index contributed by atoms with van der Waals surface area (Å²) in [6.45, 7) is 0.677. The second-order valence-corrected chi connectivity index (χ2v) is 7.40. The van der Waals surface area contributed by atoms with Crippen LogP contribution in [-0.2, 0) is 23.0 Å². The molecule has 4 rings (SSSR count). The van der Waals surface area contributed by atoms with E-state index in [1.807, 2.05) is 12.1 Å². The Morgan fingerprint density at radius 2 is 2.16 bits per heavy atom. The van der Waals surface area contributed by atoms with Gasteiger partial charge in [-0.1, -0.05) is 12.1 Å². The van der Waals surface area contributed by atoms with Gasteiger partial charge < -0.3 is 4.74 Å². The van der Waals surface area contributed by atoms with Crippen LogP contribution in [0.15, 0.2) is 60.1 Å². The molecular formula is C17H16N4O3S. The van der Waals surface area contributed by atoms with E-state index >= 15 is 0 Å². The average molecular weight is 356 g/mol. The number of benzene rings is 1. The summed E-state index contributed by atoms with van der Waals surface area (Å²) >= 11 is 0. The molecule has 0 atom stereocenters. The van der Waals surface area contributed by atoms with Crippen LogP contribution in [0.3, 0.4) is 0 Å². The van der Waals surface area contributed by atoms with E-state index in [0.717, 1.165) is 17.5 Å². The average Bonchev–Trinajstić information content (AvgIpc) is 3.31. The highest BCUT2D eigenvalue weighted by Crippen LogP contribution is 2.32. The number of aromatic nitrogens is 3. The van der Waals surface area contributed by atoms with Crippen LogP contribution < -0.4 is 9.46 Å². The van der Waals surface area contributed by atoms with Crippen molar-refractivity contribution >= 4 is 10.0 Å². The van der Waals surface area contributed by atoms with Crippen LogP contribution in [0.4, 0.5) is 0 Å². The number of ether oxygens (including phenoxy) is 1. The summed E-state index contributed by atoms with van der Waals surface area (Å²) < 4.78 is 35.2. The van der Waals surface area contributed by atoms with Gasteiger partial charge >= 0.3 is 0 Å². The number of rotatable bonds is 5. The maximum atomic E-state index is 12.7. The maximum absolute atomic E-state index is 12.7. The monoisotopic (exact) mass is 356 g/mol. The Labute approximate surface area is 145 Å². The van der Waals surface area contributed by atoms with Gasteiger partial charge in [-0.2, -0.15) is 0 Å². The molecule has 1 aromatic carbocycles. The summed E-state index contributed by atoms with van der Waals surface area (Å²) in [5.74, 6) is 1.14. The Morgan fingerprint density at radius 1 is 1.24 bits per heavy atom. The zero-order valence-corrected chi connectivity index (χ0v) is 14.1. The number of hydrogen-bond donors (Lipinski definition) is 1. The number of hydrogen-bond acceptors (Lipinski definition) is 5. The first-order valence-electron chi connectivity index (χ1n) is 7.81. The molecule has 0 aliphatic carbocycles. The molecule has 0 saturated carbocycles. The van der Waals surface area contributed by atoms with Gasteiger partial charge in [-0.3, -0.25) is 4.57 Å². The SMILES string of the molecule is O=S(=O)(NCc1ccnc(-n2ccnc2)c1)c1cccc2c1OCC2. The largest absolute Gasteiger partial charge is 0.492 e. The molecule has 1 aliphatic rings. The van der Waals surface area contributed by atoms with Crippen LogP contribution in [0.1, 0.15) is 11.1 Å². The zero-order valence-electron chi connectivity index (χ0n) is 13.3. The smallest absolute Gasteiger partial charge is 0.244 e. The lowest BCUT2D eigenvalue weighted by Crippen LogP contribution is -2.23. The summed E-state index contributed by atoms with van der Waals surface area (Å²) in [4.78, 5) is 8.43. The third-order valence-electron chi connectivity index (χ3n) is 4.01. The van der Waals surface area contributed by atoms with Gasteiger partial charge in [0.25, 0.3) is 0 Å². The summed E-state index contributed by atoms with van der Waals surface area (Å²) in [7, 11) is -3.66. The van der Waals surface area contributed by atoms with Gasteiger partial charge in [-0.25, -0.2) is 23.1 Å². The first-order chi connectivity index (χ1) is 12.1. The van der Waals surface area contributed by atoms with Crippen molar-refractivity contribution in [2.24, 2.45) is 0 Å². The van der Waals surface area contributed by atoms with Crippen molar-refractivity contribution in [3.8, 4) is 11.6 Å². The van der Waals surface area contributed by atoms with Crippen LogP contribution in [0.5, 0.6) is 5.75 Å². The van der Waals surface area contributed by atoms with Crippen LogP contribution in [0.25, 0.3) is 5.82 Å². The molecule has 7 nitrogen and oxygen atoms in total. The maximum Gasteiger partial charge on any atom is 0.244 e. The Balaban J connectivity index is 1.55. The van der Waals surface area contributed by atoms with Gasteiger partial charge in [0, 0.05) is 31.6 Å². The van der Waals surface area contributed by atoms with Crippen molar-refractivity contribution in [3.63, 3.8) is 0 Å². The predicted molar refractivity (Wildman–Crippen MR) is 91.0 cm³/mol. The summed E-state index contributed by atoms with van der Waals surface area (Å²) in [5, 5.41) is 0. The summed E-state index contributed by atoms with van der Waals surface area (Å²) in [6, 6.07) is 8.79. The van der Waals surface area contributed by atoms with Crippen molar-refractivity contribution in [3.05, 3.63) is 66.4 Å². The normalized spacial score (nSPS) is 13.4. The molecule has 25 heavy (non-hydrogen) atoms. The number of nitrogens with zero attached hydrogens (tertiary/aromatic N) is 3. The minimum Gasteiger partial charge on any atom is -0.492 e. The third-order valence-corrected chi connectivity index (χ3v) is 5.44. The Hall–Kier alpha value is -2.71. The van der Waals surface area contributed by atoms with E-state index in [-0.39, 0.29) is 11.4 Å². The molecule has 0 bridgehead atoms. The van der Waals surface area contributed by atoms with E-state index < -0.39 is 10.0 Å². The number of pyridine rings is 1. The van der Waals surface area contributed by atoms with Crippen LogP contribution >= 0.6 is 0 Å². The number of sulfonamides is 1. The van der Waals surface area contributed by atoms with Gasteiger partial charge in [0.05, 0.1) is 6.61 Å². The minimum absolute atomic E-state index is 0.163. The van der Waals surface area contributed by atoms with Gasteiger partial charge in [-0.05, 0) is 29.3 Å². The van der Waals surface area contributed by atoms with Crippen LogP contribution in [0, 0.1) is 0 Å². The van der Waals surface area contributed by atoms with E-state index in [4.69, 9.17) is 4.74 Å². The molecule has 0 unspecified atom stereocenters. The van der Waals surface area contributed by atoms with Crippen molar-refractivity contribution in [1.82, 2.24) is 19.3 Å². The summed E-state index contributed by atoms with van der Waals surface area (Å²) in [5.41, 5.74) is 1.73. The predicted octanol–water partition coefficient (Wildman–Crippen LogP) is 1.68. The van der Waals surface area contributed by atoms with E-state index in [1.54, 1.807) is 47.7 Å². The molecule has 0 amide bonds. The second kappa shape index (κ2) is 6.30. The van der Waals surface area contributed by atoms with Gasteiger partial charge in [0.15, 0.2) is 0 Å². The number of nitrogens with one attached hydrogen (secondary N) is 1. The fourth-order valence-corrected chi connectivity index (χ4v) is 3.96. The molecular weight excluding hydrogens is 340 g/mol. The van der Waals surface area contributed by atoms with Crippen molar-refractivity contribution < 1.29 is 13.2 Å². The van der Waals surface area contributed by atoms with Crippen LogP contribution in [0.2, 0.25) is 0 Å². The highest BCUT2D eigenvalue weighted by molar-refractivity contribution is 7.89. The lowest BCUT2D eigenvalue weighted by molar-refractivity contribution is 0.348. The number of imidazole rings is 1. The number of fused-ring (bicyclic) bond motifs is 1. The standard InChI is InChI=1S/C17H16N4O3S/c22-25(23,15-3-1-2-14-5-9-24-17(14)15)20-11-13-4-6-19-16(10-13)21-8-7-18-12-21/h1-4,6-8,10,12,20H,5,9,11H2. The fourth-order valence-electron chi connectivity index (χ4n) is 2.76. The molecule has 2 aromatic heterocycles. The quantitative estimate of drug-likeness (QED) is 0.752. The van der Waals surface area contributed by atoms with E-state index in [0.29, 0.717) is 18.2 Å². The minimum atomic E-state index is -3.66. The molecule has 8 heteroatoms. The van der Waals surface area contributed by atoms with Gasteiger partial charge in [0.2, 0.25) is 10.0 Å². The van der Waals surface area contributed by atoms with Crippen molar-refractivity contribution in [1.29, 1.82) is 0 Å². The molecule has 128 valence electrons. The Kier molecular flexibility index (Phi) is 3.98. The van der Waals surface area contributed by atoms with Crippen molar-refractivity contribution in [2.45, 2.75) is 17.9 Å². The molecule has 1 N–H and O–H groups in total. The van der Waals surface area contributed by atoms with Gasteiger partial charge in [-0.15, -0.1) is 0 Å². The highest BCUT2D eigenvalue weighted by atomic mass is 32.2. The topological polar surface area (TPSA) is 86.1 Å². The van der Waals surface area contributed by atoms with E-state index in [1.165, 1.54) is 0 Å². The highest BCUT2D eigenvalue weighted by Gasteiger charge is 2.24.